The van der Waals surface area contributed by atoms with Gasteiger partial charge in [0.2, 0.25) is 5.24 Å². The fourth-order valence-electron chi connectivity index (χ4n) is 2.87. The summed E-state index contributed by atoms with van der Waals surface area (Å²) in [7, 11) is 2.98. The van der Waals surface area contributed by atoms with Crippen LogP contribution in [-0.2, 0) is 17.4 Å². The van der Waals surface area contributed by atoms with E-state index < -0.39 is 17.0 Å². The summed E-state index contributed by atoms with van der Waals surface area (Å²) in [5.74, 6) is 0.949. The van der Waals surface area contributed by atoms with Gasteiger partial charge in [0.15, 0.2) is 11.5 Å². The molecule has 9 heteroatoms. The van der Waals surface area contributed by atoms with Crippen LogP contribution in [0.1, 0.15) is 11.1 Å². The van der Waals surface area contributed by atoms with Gasteiger partial charge in [-0.15, -0.1) is 0 Å². The molecule has 0 amide bonds. The second-order valence-corrected chi connectivity index (χ2v) is 6.52. The van der Waals surface area contributed by atoms with Crippen molar-refractivity contribution in [2.75, 3.05) is 14.2 Å². The summed E-state index contributed by atoms with van der Waals surface area (Å²) in [5, 5.41) is 3.78. The molecule has 0 unspecified atom stereocenters. The van der Waals surface area contributed by atoms with E-state index >= 15 is 0 Å². The molecule has 0 aliphatic rings. The van der Waals surface area contributed by atoms with Crippen molar-refractivity contribution in [2.45, 2.75) is 12.6 Å². The van der Waals surface area contributed by atoms with Crippen LogP contribution in [0.25, 0.3) is 16.9 Å². The molecular formula is C20H16ClF3N2O3. The van der Waals surface area contributed by atoms with Crippen molar-refractivity contribution in [3.63, 3.8) is 0 Å². The van der Waals surface area contributed by atoms with Gasteiger partial charge in [0.05, 0.1) is 37.6 Å². The number of carbonyl (C=O) groups excluding carboxylic acids is 1. The number of hydrogen-bond acceptors (Lipinski definition) is 4. The van der Waals surface area contributed by atoms with Crippen LogP contribution in [-0.4, -0.2) is 29.2 Å². The smallest absolute Gasteiger partial charge is 0.416 e. The van der Waals surface area contributed by atoms with E-state index in [0.717, 1.165) is 12.1 Å². The highest BCUT2D eigenvalue weighted by atomic mass is 35.5. The van der Waals surface area contributed by atoms with Gasteiger partial charge >= 0.3 is 6.18 Å². The first kappa shape index (κ1) is 20.7. The second kappa shape index (κ2) is 8.16. The maximum Gasteiger partial charge on any atom is 0.416 e. The lowest BCUT2D eigenvalue weighted by Crippen LogP contribution is -2.06. The SMILES string of the molecule is COc1ccc(-c2nn(-c3cccc(C(F)(F)F)c3)cc2CC(=O)Cl)cc1OC. The first-order valence-corrected chi connectivity index (χ1v) is 8.77. The van der Waals surface area contributed by atoms with Gasteiger partial charge < -0.3 is 9.47 Å². The molecule has 0 atom stereocenters. The Kier molecular flexibility index (Phi) is 5.83. The highest BCUT2D eigenvalue weighted by molar-refractivity contribution is 6.63. The summed E-state index contributed by atoms with van der Waals surface area (Å²) in [6.07, 6.45) is -3.13. The molecule has 0 spiro atoms. The maximum atomic E-state index is 13.0. The maximum absolute atomic E-state index is 13.0. The Morgan fingerprint density at radius 2 is 1.83 bits per heavy atom. The number of halogens is 4. The van der Waals surface area contributed by atoms with Crippen molar-refractivity contribution in [2.24, 2.45) is 0 Å². The highest BCUT2D eigenvalue weighted by Crippen LogP contribution is 2.34. The minimum Gasteiger partial charge on any atom is -0.493 e. The Morgan fingerprint density at radius 3 is 2.45 bits per heavy atom. The molecule has 1 aromatic heterocycles. The fraction of sp³-hybridized carbons (Fsp3) is 0.200. The number of alkyl halides is 3. The van der Waals surface area contributed by atoms with E-state index in [2.05, 4.69) is 5.10 Å². The third kappa shape index (κ3) is 4.54. The topological polar surface area (TPSA) is 53.4 Å². The summed E-state index contributed by atoms with van der Waals surface area (Å²) in [4.78, 5) is 11.5. The molecule has 3 rings (SSSR count). The first-order chi connectivity index (χ1) is 13.7. The van der Waals surface area contributed by atoms with Gasteiger partial charge in [-0.1, -0.05) is 6.07 Å². The number of aromatic nitrogens is 2. The van der Waals surface area contributed by atoms with E-state index in [4.69, 9.17) is 21.1 Å². The number of ether oxygens (including phenoxy) is 2. The van der Waals surface area contributed by atoms with Gasteiger partial charge in [-0.25, -0.2) is 4.68 Å². The monoisotopic (exact) mass is 424 g/mol. The number of carbonyl (C=O) groups is 1. The van der Waals surface area contributed by atoms with Gasteiger partial charge in [0.1, 0.15) is 0 Å². The molecule has 0 aliphatic carbocycles. The lowest BCUT2D eigenvalue weighted by atomic mass is 10.1. The molecule has 1 heterocycles. The lowest BCUT2D eigenvalue weighted by molar-refractivity contribution is -0.137. The summed E-state index contributed by atoms with van der Waals surface area (Å²) in [6, 6.07) is 9.80. The Morgan fingerprint density at radius 1 is 1.10 bits per heavy atom. The van der Waals surface area contributed by atoms with Crippen LogP contribution >= 0.6 is 11.6 Å². The van der Waals surface area contributed by atoms with Crippen LogP contribution in [0.4, 0.5) is 13.2 Å². The summed E-state index contributed by atoms with van der Waals surface area (Å²) in [6.45, 7) is 0. The molecule has 2 aromatic carbocycles. The van der Waals surface area contributed by atoms with Gasteiger partial charge in [-0.3, -0.25) is 4.79 Å². The van der Waals surface area contributed by atoms with Crippen LogP contribution in [0, 0.1) is 0 Å². The van der Waals surface area contributed by atoms with Gasteiger partial charge in [0, 0.05) is 17.3 Å². The number of benzene rings is 2. The predicted octanol–water partition coefficient (Wildman–Crippen LogP) is 4.88. The third-order valence-electron chi connectivity index (χ3n) is 4.21. The largest absolute Gasteiger partial charge is 0.493 e. The third-order valence-corrected chi connectivity index (χ3v) is 4.35. The minimum atomic E-state index is -4.48. The van der Waals surface area contributed by atoms with Gasteiger partial charge in [0.25, 0.3) is 0 Å². The number of methoxy groups -OCH3 is 2. The zero-order chi connectivity index (χ0) is 21.2. The quantitative estimate of drug-likeness (QED) is 0.529. The normalized spacial score (nSPS) is 11.4. The Balaban J connectivity index is 2.12. The van der Waals surface area contributed by atoms with Gasteiger partial charge in [-0.05, 0) is 48.0 Å². The van der Waals surface area contributed by atoms with E-state index in [0.29, 0.717) is 28.3 Å². The van der Waals surface area contributed by atoms with E-state index in [1.165, 1.54) is 37.2 Å². The molecule has 3 aromatic rings. The fourth-order valence-corrected chi connectivity index (χ4v) is 3.02. The van der Waals surface area contributed by atoms with Crippen LogP contribution in [0.15, 0.2) is 48.7 Å². The van der Waals surface area contributed by atoms with Crippen molar-refractivity contribution in [1.29, 1.82) is 0 Å². The molecule has 0 saturated heterocycles. The highest BCUT2D eigenvalue weighted by Gasteiger charge is 2.30. The molecule has 0 radical (unpaired) electrons. The van der Waals surface area contributed by atoms with E-state index in [9.17, 15) is 18.0 Å². The summed E-state index contributed by atoms with van der Waals surface area (Å²) in [5.41, 5.74) is 0.872. The predicted molar refractivity (Wildman–Crippen MR) is 102 cm³/mol. The zero-order valence-corrected chi connectivity index (χ0v) is 16.2. The van der Waals surface area contributed by atoms with Crippen molar-refractivity contribution >= 4 is 16.8 Å². The number of nitrogens with zero attached hydrogens (tertiary/aromatic N) is 2. The van der Waals surface area contributed by atoms with Crippen LogP contribution in [0.3, 0.4) is 0 Å². The van der Waals surface area contributed by atoms with Crippen LogP contribution in [0.5, 0.6) is 11.5 Å². The molecule has 5 nitrogen and oxygen atoms in total. The average molecular weight is 425 g/mol. The molecule has 0 bridgehead atoms. The van der Waals surface area contributed by atoms with Crippen molar-refractivity contribution < 1.29 is 27.4 Å². The van der Waals surface area contributed by atoms with Crippen molar-refractivity contribution in [3.05, 3.63) is 59.8 Å². The summed E-state index contributed by atoms with van der Waals surface area (Å²) >= 11 is 5.55. The van der Waals surface area contributed by atoms with Gasteiger partial charge in [-0.2, -0.15) is 18.3 Å². The average Bonchev–Trinajstić information content (AvgIpc) is 3.10. The zero-order valence-electron chi connectivity index (χ0n) is 15.5. The molecule has 0 saturated carbocycles. The Hall–Kier alpha value is -3.00. The lowest BCUT2D eigenvalue weighted by Gasteiger charge is -2.09. The van der Waals surface area contributed by atoms with Crippen LogP contribution < -0.4 is 9.47 Å². The molecule has 152 valence electrons. The Labute approximate surface area is 169 Å². The number of hydrogen-bond donors (Lipinski definition) is 0. The summed E-state index contributed by atoms with van der Waals surface area (Å²) < 4.78 is 50.9. The van der Waals surface area contributed by atoms with E-state index in [1.807, 2.05) is 0 Å². The van der Waals surface area contributed by atoms with E-state index in [-0.39, 0.29) is 12.1 Å². The molecule has 0 aliphatic heterocycles. The van der Waals surface area contributed by atoms with Crippen molar-refractivity contribution in [3.8, 4) is 28.4 Å². The molecular weight excluding hydrogens is 409 g/mol. The number of rotatable bonds is 6. The first-order valence-electron chi connectivity index (χ1n) is 8.40. The standard InChI is InChI=1S/C20H16ClF3N2O3/c1-28-16-7-6-12(8-17(16)29-2)19-13(9-18(21)27)11-26(25-19)15-5-3-4-14(10-15)20(22,23)24/h3-8,10-11H,9H2,1-2H3. The van der Waals surface area contributed by atoms with Crippen LogP contribution in [0.2, 0.25) is 0 Å². The Bertz CT molecular complexity index is 1050. The second-order valence-electron chi connectivity index (χ2n) is 6.10. The minimum absolute atomic E-state index is 0.135. The van der Waals surface area contributed by atoms with Crippen molar-refractivity contribution in [1.82, 2.24) is 9.78 Å². The van der Waals surface area contributed by atoms with E-state index in [1.54, 1.807) is 18.2 Å². The molecule has 29 heavy (non-hydrogen) atoms. The molecule has 0 fully saturated rings. The molecule has 0 N–H and O–H groups in total.